The molecule has 0 aliphatic carbocycles. The number of aliphatic imine (C=N–C) groups is 1. The highest BCUT2D eigenvalue weighted by atomic mass is 127. The number of guanidine groups is 1. The van der Waals surface area contributed by atoms with Crippen LogP contribution in [0.2, 0.25) is 0 Å². The molecule has 2 rings (SSSR count). The van der Waals surface area contributed by atoms with E-state index in [9.17, 15) is 0 Å². The molecule has 0 saturated heterocycles. The van der Waals surface area contributed by atoms with Crippen LogP contribution in [0.15, 0.2) is 39.9 Å². The number of nitrogens with zero attached hydrogens (tertiary/aromatic N) is 1. The maximum absolute atomic E-state index is 5.36. The Labute approximate surface area is 171 Å². The van der Waals surface area contributed by atoms with Crippen molar-refractivity contribution >= 4 is 41.3 Å². The highest BCUT2D eigenvalue weighted by Crippen LogP contribution is 2.16. The van der Waals surface area contributed by atoms with E-state index >= 15 is 0 Å². The summed E-state index contributed by atoms with van der Waals surface area (Å²) < 4.78 is 10.4. The van der Waals surface area contributed by atoms with E-state index in [-0.39, 0.29) is 24.0 Å². The topological polar surface area (TPSA) is 58.8 Å². The lowest BCUT2D eigenvalue weighted by Gasteiger charge is -2.18. The van der Waals surface area contributed by atoms with Crippen LogP contribution in [0.1, 0.15) is 22.4 Å². The summed E-state index contributed by atoms with van der Waals surface area (Å²) in [5, 5.41) is 6.84. The molecule has 2 heterocycles. The van der Waals surface area contributed by atoms with Gasteiger partial charge in [0.25, 0.3) is 0 Å². The summed E-state index contributed by atoms with van der Waals surface area (Å²) in [6, 6.07) is 8.57. The summed E-state index contributed by atoms with van der Waals surface area (Å²) in [5.41, 5.74) is 0. The molecule has 2 aromatic heterocycles. The van der Waals surface area contributed by atoms with E-state index < -0.39 is 0 Å². The summed E-state index contributed by atoms with van der Waals surface area (Å²) in [4.78, 5) is 7.30. The van der Waals surface area contributed by atoms with Gasteiger partial charge in [0.1, 0.15) is 5.76 Å². The largest absolute Gasteiger partial charge is 0.469 e. The van der Waals surface area contributed by atoms with Gasteiger partial charge in [-0.3, -0.25) is 4.99 Å². The van der Waals surface area contributed by atoms with Crippen molar-refractivity contribution in [2.75, 3.05) is 26.8 Å². The van der Waals surface area contributed by atoms with E-state index in [1.807, 2.05) is 23.5 Å². The molecular weight excluding hydrogens is 449 g/mol. The number of hydrogen-bond donors (Lipinski definition) is 2. The Morgan fingerprint density at radius 2 is 2.20 bits per heavy atom. The van der Waals surface area contributed by atoms with Gasteiger partial charge in [0, 0.05) is 42.3 Å². The molecule has 7 heteroatoms. The van der Waals surface area contributed by atoms with Gasteiger partial charge in [-0.25, -0.2) is 0 Å². The number of furan rings is 1. The van der Waals surface area contributed by atoms with Gasteiger partial charge in [-0.15, -0.1) is 35.3 Å². The molecule has 0 saturated carbocycles. The van der Waals surface area contributed by atoms with Crippen LogP contribution in [0.3, 0.4) is 0 Å². The Bertz CT molecular complexity index is 614. The summed E-state index contributed by atoms with van der Waals surface area (Å²) in [6.45, 7) is 6.34. The normalized spacial score (nSPS) is 12.5. The number of thiophene rings is 1. The first-order valence-corrected chi connectivity index (χ1v) is 9.10. The van der Waals surface area contributed by atoms with Gasteiger partial charge in [-0.1, -0.05) is 0 Å². The molecule has 1 unspecified atom stereocenters. The predicted molar refractivity (Wildman–Crippen MR) is 115 cm³/mol. The fraction of sp³-hybridized carbons (Fsp3) is 0.500. The number of rotatable bonds is 9. The zero-order chi connectivity index (χ0) is 17.2. The molecule has 1 atom stereocenters. The summed E-state index contributed by atoms with van der Waals surface area (Å²) in [7, 11) is 1.69. The van der Waals surface area contributed by atoms with E-state index in [0.29, 0.717) is 19.2 Å². The minimum Gasteiger partial charge on any atom is -0.469 e. The van der Waals surface area contributed by atoms with Crippen LogP contribution in [-0.2, 0) is 17.6 Å². The monoisotopic (exact) mass is 477 g/mol. The Hall–Kier alpha value is -1.06. The third-order valence-electron chi connectivity index (χ3n) is 3.50. The molecule has 0 spiro atoms. The Morgan fingerprint density at radius 1 is 1.36 bits per heavy atom. The molecule has 2 aromatic rings. The van der Waals surface area contributed by atoms with Crippen LogP contribution in [0.5, 0.6) is 0 Å². The highest BCUT2D eigenvalue weighted by Gasteiger charge is 2.08. The van der Waals surface area contributed by atoms with Crippen molar-refractivity contribution in [2.24, 2.45) is 4.99 Å². The van der Waals surface area contributed by atoms with Crippen LogP contribution >= 0.6 is 35.3 Å². The van der Waals surface area contributed by atoms with Gasteiger partial charge >= 0.3 is 0 Å². The lowest BCUT2D eigenvalue weighted by molar-refractivity contribution is 0.208. The number of ether oxygens (including phenoxy) is 1. The molecule has 0 fully saturated rings. The van der Waals surface area contributed by atoms with Crippen molar-refractivity contribution in [3.05, 3.63) is 46.0 Å². The van der Waals surface area contributed by atoms with Crippen molar-refractivity contribution in [3.8, 4) is 0 Å². The SMILES string of the molecule is COCCN=C(NCCc1ccco1)NC(C)Cc1ccc(C)s1.I. The van der Waals surface area contributed by atoms with E-state index in [1.165, 1.54) is 9.75 Å². The number of hydrogen-bond acceptors (Lipinski definition) is 4. The van der Waals surface area contributed by atoms with Crippen LogP contribution in [0.25, 0.3) is 0 Å². The van der Waals surface area contributed by atoms with E-state index in [0.717, 1.165) is 31.1 Å². The lowest BCUT2D eigenvalue weighted by atomic mass is 10.2. The molecule has 0 aliphatic rings. The molecule has 25 heavy (non-hydrogen) atoms. The smallest absolute Gasteiger partial charge is 0.191 e. The Balaban J connectivity index is 0.00000312. The minimum absolute atomic E-state index is 0. The fourth-order valence-corrected chi connectivity index (χ4v) is 3.36. The Morgan fingerprint density at radius 3 is 2.84 bits per heavy atom. The summed E-state index contributed by atoms with van der Waals surface area (Å²) >= 11 is 1.85. The second kappa shape index (κ2) is 12.3. The van der Waals surface area contributed by atoms with Crippen LogP contribution in [-0.4, -0.2) is 38.8 Å². The predicted octanol–water partition coefficient (Wildman–Crippen LogP) is 3.62. The first-order chi connectivity index (χ1) is 11.7. The minimum atomic E-state index is 0. The fourth-order valence-electron chi connectivity index (χ4n) is 2.34. The van der Waals surface area contributed by atoms with Crippen LogP contribution in [0, 0.1) is 6.92 Å². The summed E-state index contributed by atoms with van der Waals surface area (Å²) in [5.74, 6) is 1.79. The molecule has 0 radical (unpaired) electrons. The molecule has 0 bridgehead atoms. The van der Waals surface area contributed by atoms with E-state index in [1.54, 1.807) is 13.4 Å². The third kappa shape index (κ3) is 8.73. The number of methoxy groups -OCH3 is 1. The van der Waals surface area contributed by atoms with E-state index in [4.69, 9.17) is 9.15 Å². The molecule has 0 amide bonds. The van der Waals surface area contributed by atoms with Crippen LogP contribution in [0.4, 0.5) is 0 Å². The van der Waals surface area contributed by atoms with Gasteiger partial charge in [0.05, 0.1) is 19.4 Å². The van der Waals surface area contributed by atoms with Gasteiger partial charge in [-0.05, 0) is 38.1 Å². The first-order valence-electron chi connectivity index (χ1n) is 8.29. The standard InChI is InChI=1S/C18H27N3O2S.HI/c1-14(13-17-7-6-15(2)24-17)21-18(20-10-12-22-3)19-9-8-16-5-4-11-23-16;/h4-7,11,14H,8-10,12-13H2,1-3H3,(H2,19,20,21);1H. The molecule has 0 aromatic carbocycles. The van der Waals surface area contributed by atoms with Crippen molar-refractivity contribution in [1.82, 2.24) is 10.6 Å². The highest BCUT2D eigenvalue weighted by molar-refractivity contribution is 14.0. The van der Waals surface area contributed by atoms with Crippen LogP contribution < -0.4 is 10.6 Å². The van der Waals surface area contributed by atoms with Gasteiger partial charge < -0.3 is 19.8 Å². The number of nitrogens with one attached hydrogen (secondary N) is 2. The first kappa shape index (κ1) is 22.0. The van der Waals surface area contributed by atoms with Crippen molar-refractivity contribution in [2.45, 2.75) is 32.7 Å². The maximum atomic E-state index is 5.36. The molecule has 5 nitrogen and oxygen atoms in total. The average molecular weight is 477 g/mol. The second-order valence-corrected chi connectivity index (χ2v) is 7.11. The number of aryl methyl sites for hydroxylation is 1. The molecule has 140 valence electrons. The zero-order valence-corrected chi connectivity index (χ0v) is 18.2. The van der Waals surface area contributed by atoms with Gasteiger partial charge in [0.2, 0.25) is 0 Å². The second-order valence-electron chi connectivity index (χ2n) is 5.74. The number of halogens is 1. The molecule has 2 N–H and O–H groups in total. The maximum Gasteiger partial charge on any atom is 0.191 e. The quantitative estimate of drug-likeness (QED) is 0.251. The Kier molecular flexibility index (Phi) is 10.8. The molecule has 0 aliphatic heterocycles. The van der Waals surface area contributed by atoms with Crippen molar-refractivity contribution in [1.29, 1.82) is 0 Å². The van der Waals surface area contributed by atoms with Crippen molar-refractivity contribution in [3.63, 3.8) is 0 Å². The average Bonchev–Trinajstić information content (AvgIpc) is 3.19. The van der Waals surface area contributed by atoms with Gasteiger partial charge in [-0.2, -0.15) is 0 Å². The third-order valence-corrected chi connectivity index (χ3v) is 4.52. The summed E-state index contributed by atoms with van der Waals surface area (Å²) in [6.07, 6.45) is 3.52. The zero-order valence-electron chi connectivity index (χ0n) is 15.1. The van der Waals surface area contributed by atoms with Gasteiger partial charge in [0.15, 0.2) is 5.96 Å². The molecular formula is C18H28IN3O2S. The van der Waals surface area contributed by atoms with Crippen molar-refractivity contribution < 1.29 is 9.15 Å². The lowest BCUT2D eigenvalue weighted by Crippen LogP contribution is -2.44. The van der Waals surface area contributed by atoms with E-state index in [2.05, 4.69) is 41.6 Å².